The third-order valence-electron chi connectivity index (χ3n) is 2.78. The predicted octanol–water partition coefficient (Wildman–Crippen LogP) is 0.351. The van der Waals surface area contributed by atoms with Gasteiger partial charge < -0.3 is 10.1 Å². The van der Waals surface area contributed by atoms with E-state index in [1.807, 2.05) is 4.90 Å². The monoisotopic (exact) mass is 200 g/mol. The lowest BCUT2D eigenvalue weighted by atomic mass is 10.1. The van der Waals surface area contributed by atoms with Gasteiger partial charge in [0.25, 0.3) is 0 Å². The average Bonchev–Trinajstić information content (AvgIpc) is 2.26. The van der Waals surface area contributed by atoms with Gasteiger partial charge in [-0.25, -0.2) is 4.79 Å². The molecule has 0 aromatic heterocycles. The first-order chi connectivity index (χ1) is 6.74. The summed E-state index contributed by atoms with van der Waals surface area (Å²) in [7, 11) is 3.54. The average molecular weight is 200 g/mol. The number of hydrogen-bond donors (Lipinski definition) is 1. The molecular formula is C10H20N2O2. The summed E-state index contributed by atoms with van der Waals surface area (Å²) in [5, 5.41) is 1.40. The van der Waals surface area contributed by atoms with E-state index in [4.69, 9.17) is 4.74 Å². The summed E-state index contributed by atoms with van der Waals surface area (Å²) in [6, 6.07) is 0.477. The van der Waals surface area contributed by atoms with Crippen LogP contribution in [0.15, 0.2) is 0 Å². The zero-order valence-corrected chi connectivity index (χ0v) is 9.03. The van der Waals surface area contributed by atoms with E-state index in [0.717, 1.165) is 12.8 Å². The number of amides is 2. The van der Waals surface area contributed by atoms with Crippen molar-refractivity contribution in [1.29, 1.82) is 0 Å². The highest BCUT2D eigenvalue weighted by Gasteiger charge is 2.33. The van der Waals surface area contributed by atoms with E-state index in [1.165, 1.54) is 5.32 Å². The zero-order chi connectivity index (χ0) is 10.6. The molecule has 1 heterocycles. The maximum atomic E-state index is 11.7. The van der Waals surface area contributed by atoms with Gasteiger partial charge in [-0.3, -0.25) is 4.90 Å². The lowest BCUT2D eigenvalue weighted by Gasteiger charge is -2.39. The van der Waals surface area contributed by atoms with Gasteiger partial charge in [-0.1, -0.05) is 13.8 Å². The van der Waals surface area contributed by atoms with Crippen LogP contribution < -0.4 is 5.32 Å². The smallest absolute Gasteiger partial charge is 0.390 e. The molecule has 0 aromatic carbocycles. The van der Waals surface area contributed by atoms with E-state index >= 15 is 0 Å². The van der Waals surface area contributed by atoms with Gasteiger partial charge in [0.05, 0.1) is 25.3 Å². The first-order valence-electron chi connectivity index (χ1n) is 5.27. The first-order valence-corrected chi connectivity index (χ1v) is 5.27. The molecule has 1 rings (SSSR count). The molecule has 0 bridgehead atoms. The molecular weight excluding hydrogens is 180 g/mol. The van der Waals surface area contributed by atoms with Crippen molar-refractivity contribution in [2.45, 2.75) is 38.8 Å². The van der Waals surface area contributed by atoms with Crippen LogP contribution in [0.1, 0.15) is 26.7 Å². The summed E-state index contributed by atoms with van der Waals surface area (Å²) < 4.78 is 5.47. The van der Waals surface area contributed by atoms with Gasteiger partial charge in [-0.05, 0) is 12.8 Å². The molecule has 0 aliphatic carbocycles. The lowest BCUT2D eigenvalue weighted by molar-refractivity contribution is -0.500. The Hall–Kier alpha value is -0.610. The second kappa shape index (κ2) is 5.32. The normalized spacial score (nSPS) is 27.8. The summed E-state index contributed by atoms with van der Waals surface area (Å²) in [4.78, 5) is 13.6. The molecule has 1 aliphatic heterocycles. The molecule has 4 nitrogen and oxygen atoms in total. The number of morpholine rings is 1. The van der Waals surface area contributed by atoms with Gasteiger partial charge in [0.1, 0.15) is 0 Å². The molecule has 1 saturated heterocycles. The largest absolute Gasteiger partial charge is 0.395 e. The van der Waals surface area contributed by atoms with Gasteiger partial charge in [-0.15, -0.1) is 7.05 Å². The molecule has 2 atom stereocenters. The maximum Gasteiger partial charge on any atom is 0.390 e. The van der Waals surface area contributed by atoms with Crippen molar-refractivity contribution >= 4 is 6.03 Å². The minimum absolute atomic E-state index is 0.0343. The van der Waals surface area contributed by atoms with Crippen molar-refractivity contribution in [1.82, 2.24) is 4.90 Å². The number of nitrogens with zero attached hydrogens (tertiary/aromatic N) is 1. The van der Waals surface area contributed by atoms with E-state index in [1.54, 1.807) is 0 Å². The number of carbonyl (C=O) groups excluding carboxylic acids is 1. The van der Waals surface area contributed by atoms with Gasteiger partial charge in [0.2, 0.25) is 0 Å². The van der Waals surface area contributed by atoms with Gasteiger partial charge in [0, 0.05) is 0 Å². The third-order valence-corrected chi connectivity index (χ3v) is 2.78. The van der Waals surface area contributed by atoms with E-state index in [9.17, 15) is 4.79 Å². The van der Waals surface area contributed by atoms with Crippen LogP contribution in [-0.4, -0.2) is 36.2 Å². The molecule has 2 amide bonds. The van der Waals surface area contributed by atoms with Crippen LogP contribution in [0.25, 0.3) is 0 Å². The Labute approximate surface area is 85.6 Å². The first kappa shape index (κ1) is 11.5. The lowest BCUT2D eigenvalue weighted by Crippen LogP contribution is -2.87. The fraction of sp³-hybridized carbons (Fsp3) is 0.800. The van der Waals surface area contributed by atoms with Crippen molar-refractivity contribution in [2.24, 2.45) is 0 Å². The molecule has 1 fully saturated rings. The van der Waals surface area contributed by atoms with Crippen LogP contribution in [-0.2, 0) is 4.74 Å². The third kappa shape index (κ3) is 2.25. The fourth-order valence-corrected chi connectivity index (χ4v) is 1.89. The molecule has 2 unspecified atom stereocenters. The molecule has 2 N–H and O–H groups in total. The Morgan fingerprint density at radius 2 is 1.93 bits per heavy atom. The van der Waals surface area contributed by atoms with Crippen LogP contribution in [0.5, 0.6) is 0 Å². The van der Waals surface area contributed by atoms with Crippen molar-refractivity contribution < 1.29 is 14.8 Å². The highest BCUT2D eigenvalue weighted by molar-refractivity contribution is 5.64. The highest BCUT2D eigenvalue weighted by atomic mass is 16.5. The summed E-state index contributed by atoms with van der Waals surface area (Å²) in [5.74, 6) is 0. The van der Waals surface area contributed by atoms with Gasteiger partial charge in [0.15, 0.2) is 0 Å². The van der Waals surface area contributed by atoms with Crippen LogP contribution in [0, 0.1) is 7.05 Å². The SMILES string of the molecule is [CH2-][NH2+]C(=O)N1C(CC)COCC1CC. The molecule has 0 saturated carbocycles. The van der Waals surface area contributed by atoms with E-state index in [-0.39, 0.29) is 18.1 Å². The quantitative estimate of drug-likeness (QED) is 0.654. The van der Waals surface area contributed by atoms with Gasteiger partial charge >= 0.3 is 6.03 Å². The van der Waals surface area contributed by atoms with Crippen LogP contribution in [0.4, 0.5) is 4.79 Å². The Kier molecular flexibility index (Phi) is 4.35. The maximum absolute atomic E-state index is 11.7. The molecule has 0 spiro atoms. The molecule has 82 valence electrons. The molecule has 1 aliphatic rings. The predicted molar refractivity (Wildman–Crippen MR) is 53.5 cm³/mol. The number of quaternary nitrogens is 1. The standard InChI is InChI=1S/C10H20N2O2/c1-4-8-6-14-7-9(5-2)12(8)10(13)11-3/h8-9H,3-7,11H2,1-2H3. The minimum Gasteiger partial charge on any atom is -0.395 e. The van der Waals surface area contributed by atoms with E-state index in [2.05, 4.69) is 20.9 Å². The molecule has 0 radical (unpaired) electrons. The summed E-state index contributed by atoms with van der Waals surface area (Å²) in [5.41, 5.74) is 0. The molecule has 0 aromatic rings. The number of hydrogen-bond acceptors (Lipinski definition) is 2. The summed E-state index contributed by atoms with van der Waals surface area (Å²) >= 11 is 0. The Morgan fingerprint density at radius 1 is 1.43 bits per heavy atom. The molecule has 4 heteroatoms. The number of ether oxygens (including phenoxy) is 1. The van der Waals surface area contributed by atoms with Crippen LogP contribution >= 0.6 is 0 Å². The Morgan fingerprint density at radius 3 is 2.29 bits per heavy atom. The van der Waals surface area contributed by atoms with Crippen molar-refractivity contribution in [2.75, 3.05) is 13.2 Å². The van der Waals surface area contributed by atoms with Gasteiger partial charge in [-0.2, -0.15) is 0 Å². The van der Waals surface area contributed by atoms with E-state index < -0.39 is 0 Å². The van der Waals surface area contributed by atoms with E-state index in [0.29, 0.717) is 13.2 Å². The minimum atomic E-state index is 0.0343. The molecule has 14 heavy (non-hydrogen) atoms. The second-order valence-corrected chi connectivity index (χ2v) is 3.61. The van der Waals surface area contributed by atoms with Crippen molar-refractivity contribution in [3.05, 3.63) is 7.05 Å². The number of urea groups is 1. The second-order valence-electron chi connectivity index (χ2n) is 3.61. The Bertz CT molecular complexity index is 185. The number of nitrogens with two attached hydrogens (primary N) is 1. The Balaban J connectivity index is 2.72. The van der Waals surface area contributed by atoms with Crippen LogP contribution in [0.3, 0.4) is 0 Å². The summed E-state index contributed by atoms with van der Waals surface area (Å²) in [6.07, 6.45) is 1.88. The number of primary amides is 1. The number of rotatable bonds is 2. The van der Waals surface area contributed by atoms with Crippen LogP contribution in [0.2, 0.25) is 0 Å². The number of carbonyl (C=O) groups is 1. The van der Waals surface area contributed by atoms with Crippen molar-refractivity contribution in [3.63, 3.8) is 0 Å². The topological polar surface area (TPSA) is 46.2 Å². The highest BCUT2D eigenvalue weighted by Crippen LogP contribution is 2.17. The van der Waals surface area contributed by atoms with Crippen molar-refractivity contribution in [3.8, 4) is 0 Å². The fourth-order valence-electron chi connectivity index (χ4n) is 1.89. The zero-order valence-electron chi connectivity index (χ0n) is 9.03. The summed E-state index contributed by atoms with van der Waals surface area (Å²) in [6.45, 7) is 5.48.